The van der Waals surface area contributed by atoms with Gasteiger partial charge in [0.1, 0.15) is 0 Å². The molecule has 3 rings (SSSR count). The zero-order valence-corrected chi connectivity index (χ0v) is 12.9. The van der Waals surface area contributed by atoms with E-state index in [0.717, 1.165) is 23.4 Å². The van der Waals surface area contributed by atoms with E-state index in [1.54, 1.807) is 0 Å². The highest BCUT2D eigenvalue weighted by Gasteiger charge is 2.46. The molecule has 0 bridgehead atoms. The van der Waals surface area contributed by atoms with E-state index in [2.05, 4.69) is 34.0 Å². The van der Waals surface area contributed by atoms with Crippen LogP contribution in [0.1, 0.15) is 33.1 Å². The normalized spacial score (nSPS) is 28.8. The molecule has 0 radical (unpaired) electrons. The van der Waals surface area contributed by atoms with Crippen LogP contribution in [-0.4, -0.2) is 33.6 Å². The van der Waals surface area contributed by atoms with Gasteiger partial charge >= 0.3 is 0 Å². The summed E-state index contributed by atoms with van der Waals surface area (Å²) in [4.78, 5) is 12.1. The van der Waals surface area contributed by atoms with E-state index in [-0.39, 0.29) is 6.04 Å². The fourth-order valence-electron chi connectivity index (χ4n) is 3.66. The molecule has 0 aromatic carbocycles. The zero-order chi connectivity index (χ0) is 14.1. The van der Waals surface area contributed by atoms with E-state index in [9.17, 15) is 0 Å². The van der Waals surface area contributed by atoms with Gasteiger partial charge in [-0.15, -0.1) is 0 Å². The van der Waals surface area contributed by atoms with E-state index >= 15 is 0 Å². The van der Waals surface area contributed by atoms with E-state index in [4.69, 9.17) is 12.2 Å². The number of nitrogens with one attached hydrogen (secondary N) is 1. The van der Waals surface area contributed by atoms with Gasteiger partial charge in [0.25, 0.3) is 0 Å². The topological polar surface area (TPSA) is 41.0 Å². The number of hydrogen-bond donors (Lipinski definition) is 1. The van der Waals surface area contributed by atoms with Crippen molar-refractivity contribution < 1.29 is 0 Å². The summed E-state index contributed by atoms with van der Waals surface area (Å²) in [5.74, 6) is 2.23. The Kier molecular flexibility index (Phi) is 3.87. The number of aromatic nitrogens is 2. The molecule has 3 atom stereocenters. The van der Waals surface area contributed by atoms with Gasteiger partial charge in [-0.1, -0.05) is 18.6 Å². The first-order chi connectivity index (χ1) is 9.66. The standard InChI is InChI=1S/C15H22N4S/c1-10(2)18-14(20)13-12-6-3-5-11(12)9-19(13)15-16-7-4-8-17-15/h4,7-8,10-13H,3,5-6,9H2,1-2H3,(H,18,20)/t11-,12-,13-/m0/s1. The van der Waals surface area contributed by atoms with Crippen LogP contribution in [0.3, 0.4) is 0 Å². The van der Waals surface area contributed by atoms with Crippen LogP contribution < -0.4 is 10.2 Å². The molecule has 1 aliphatic heterocycles. The predicted molar refractivity (Wildman–Crippen MR) is 84.9 cm³/mol. The summed E-state index contributed by atoms with van der Waals surface area (Å²) in [6.45, 7) is 5.31. The third kappa shape index (κ3) is 2.51. The summed E-state index contributed by atoms with van der Waals surface area (Å²) < 4.78 is 0. The minimum absolute atomic E-state index is 0.266. The van der Waals surface area contributed by atoms with Crippen molar-refractivity contribution in [2.75, 3.05) is 11.4 Å². The van der Waals surface area contributed by atoms with Crippen LogP contribution in [0.4, 0.5) is 5.95 Å². The van der Waals surface area contributed by atoms with Gasteiger partial charge in [0, 0.05) is 25.0 Å². The number of nitrogens with zero attached hydrogens (tertiary/aromatic N) is 3. The summed E-state index contributed by atoms with van der Waals surface area (Å²) in [7, 11) is 0. The molecule has 1 saturated heterocycles. The molecule has 0 spiro atoms. The molecule has 1 aromatic heterocycles. The largest absolute Gasteiger partial charge is 0.376 e. The summed E-state index contributed by atoms with van der Waals surface area (Å²) in [6.07, 6.45) is 7.55. The van der Waals surface area contributed by atoms with Crippen molar-refractivity contribution >= 4 is 23.2 Å². The van der Waals surface area contributed by atoms with E-state index in [1.165, 1.54) is 19.3 Å². The number of fused-ring (bicyclic) bond motifs is 1. The quantitative estimate of drug-likeness (QED) is 0.866. The van der Waals surface area contributed by atoms with Gasteiger partial charge in [-0.3, -0.25) is 0 Å². The van der Waals surface area contributed by atoms with Crippen LogP contribution in [-0.2, 0) is 0 Å². The zero-order valence-electron chi connectivity index (χ0n) is 12.1. The summed E-state index contributed by atoms with van der Waals surface area (Å²) in [5.41, 5.74) is 0. The highest BCUT2D eigenvalue weighted by Crippen LogP contribution is 2.43. The Hall–Kier alpha value is -1.23. The molecule has 1 aliphatic carbocycles. The van der Waals surface area contributed by atoms with Crippen LogP contribution in [0.5, 0.6) is 0 Å². The lowest BCUT2D eigenvalue weighted by atomic mass is 9.94. The molecule has 2 aliphatic rings. The van der Waals surface area contributed by atoms with Crippen molar-refractivity contribution in [3.63, 3.8) is 0 Å². The molecule has 1 N–H and O–H groups in total. The van der Waals surface area contributed by atoms with Crippen LogP contribution in [0.15, 0.2) is 18.5 Å². The summed E-state index contributed by atoms with van der Waals surface area (Å²) >= 11 is 5.68. The van der Waals surface area contributed by atoms with Crippen molar-refractivity contribution in [1.82, 2.24) is 15.3 Å². The Labute approximate surface area is 126 Å². The molecule has 2 fully saturated rings. The molecule has 4 nitrogen and oxygen atoms in total. The molecule has 108 valence electrons. The summed E-state index contributed by atoms with van der Waals surface area (Å²) in [5, 5.41) is 3.43. The maximum atomic E-state index is 5.68. The van der Waals surface area contributed by atoms with Crippen LogP contribution in [0, 0.1) is 11.8 Å². The van der Waals surface area contributed by atoms with E-state index in [1.807, 2.05) is 18.5 Å². The average molecular weight is 290 g/mol. The van der Waals surface area contributed by atoms with Crippen molar-refractivity contribution in [1.29, 1.82) is 0 Å². The molecule has 2 heterocycles. The maximum Gasteiger partial charge on any atom is 0.225 e. The average Bonchev–Trinajstić information content (AvgIpc) is 2.98. The second kappa shape index (κ2) is 5.64. The fraction of sp³-hybridized carbons (Fsp3) is 0.667. The van der Waals surface area contributed by atoms with Crippen LogP contribution >= 0.6 is 12.2 Å². The third-order valence-electron chi connectivity index (χ3n) is 4.40. The minimum atomic E-state index is 0.266. The molecule has 1 saturated carbocycles. The Morgan fingerprint density at radius 1 is 1.35 bits per heavy atom. The van der Waals surface area contributed by atoms with Gasteiger partial charge in [0.2, 0.25) is 5.95 Å². The smallest absolute Gasteiger partial charge is 0.225 e. The predicted octanol–water partition coefficient (Wildman–Crippen LogP) is 2.41. The first-order valence-corrected chi connectivity index (χ1v) is 7.91. The van der Waals surface area contributed by atoms with Crippen LogP contribution in [0.2, 0.25) is 0 Å². The Morgan fingerprint density at radius 3 is 2.80 bits per heavy atom. The molecule has 5 heteroatoms. The molecule has 0 amide bonds. The van der Waals surface area contributed by atoms with Gasteiger partial charge in [-0.25, -0.2) is 9.97 Å². The van der Waals surface area contributed by atoms with E-state index in [0.29, 0.717) is 12.0 Å². The lowest BCUT2D eigenvalue weighted by Crippen LogP contribution is -2.47. The number of thiocarbonyl (C=S) groups is 1. The Morgan fingerprint density at radius 2 is 2.10 bits per heavy atom. The van der Waals surface area contributed by atoms with Crippen molar-refractivity contribution in [2.24, 2.45) is 11.8 Å². The number of anilines is 1. The fourth-order valence-corrected chi connectivity index (χ4v) is 4.19. The molecule has 1 aromatic rings. The van der Waals surface area contributed by atoms with Gasteiger partial charge in [0.15, 0.2) is 0 Å². The molecule has 0 unspecified atom stereocenters. The lowest BCUT2D eigenvalue weighted by molar-refractivity contribution is 0.465. The van der Waals surface area contributed by atoms with Gasteiger partial charge in [-0.2, -0.15) is 0 Å². The number of hydrogen-bond acceptors (Lipinski definition) is 4. The Balaban J connectivity index is 1.86. The van der Waals surface area contributed by atoms with Crippen molar-refractivity contribution in [3.05, 3.63) is 18.5 Å². The van der Waals surface area contributed by atoms with Gasteiger partial charge in [0.05, 0.1) is 11.0 Å². The Bertz CT molecular complexity index is 476. The SMILES string of the molecule is CC(C)NC(=S)[C@@H]1[C@H]2CCC[C@H]2CN1c1ncccn1. The van der Waals surface area contributed by atoms with Crippen LogP contribution in [0.25, 0.3) is 0 Å². The highest BCUT2D eigenvalue weighted by atomic mass is 32.1. The molecular weight excluding hydrogens is 268 g/mol. The monoisotopic (exact) mass is 290 g/mol. The van der Waals surface area contributed by atoms with E-state index < -0.39 is 0 Å². The molecule has 20 heavy (non-hydrogen) atoms. The first kappa shape index (κ1) is 13.7. The second-order valence-corrected chi connectivity index (χ2v) is 6.60. The minimum Gasteiger partial charge on any atom is -0.376 e. The van der Waals surface area contributed by atoms with Crippen molar-refractivity contribution in [3.8, 4) is 0 Å². The third-order valence-corrected chi connectivity index (χ3v) is 4.76. The first-order valence-electron chi connectivity index (χ1n) is 7.51. The second-order valence-electron chi connectivity index (χ2n) is 6.16. The van der Waals surface area contributed by atoms with Gasteiger partial charge in [-0.05, 0) is 44.6 Å². The lowest BCUT2D eigenvalue weighted by Gasteiger charge is -2.29. The highest BCUT2D eigenvalue weighted by molar-refractivity contribution is 7.80. The van der Waals surface area contributed by atoms with Crippen molar-refractivity contribution in [2.45, 2.75) is 45.2 Å². The van der Waals surface area contributed by atoms with Gasteiger partial charge < -0.3 is 10.2 Å². The number of rotatable bonds is 3. The maximum absolute atomic E-state index is 5.68. The molecular formula is C15H22N4S. The summed E-state index contributed by atoms with van der Waals surface area (Å²) in [6, 6.07) is 2.50.